The molecular formula is C11H13NS. The normalized spacial score (nSPS) is 11.0. The molecule has 2 aromatic rings. The Morgan fingerprint density at radius 1 is 1.15 bits per heavy atom. The highest BCUT2D eigenvalue weighted by Gasteiger charge is 2.02. The van der Waals surface area contributed by atoms with Gasteiger partial charge in [0.1, 0.15) is 0 Å². The van der Waals surface area contributed by atoms with Crippen LogP contribution >= 0.6 is 11.3 Å². The number of thiophene rings is 1. The van der Waals surface area contributed by atoms with Crippen molar-refractivity contribution in [2.45, 2.75) is 20.4 Å². The molecule has 13 heavy (non-hydrogen) atoms. The zero-order chi connectivity index (χ0) is 9.42. The van der Waals surface area contributed by atoms with Crippen LogP contribution < -0.4 is 5.73 Å². The van der Waals surface area contributed by atoms with E-state index in [0.29, 0.717) is 6.54 Å². The molecule has 0 saturated heterocycles. The fourth-order valence-corrected chi connectivity index (χ4v) is 2.48. The van der Waals surface area contributed by atoms with Gasteiger partial charge < -0.3 is 5.73 Å². The number of nitrogens with two attached hydrogens (primary N) is 1. The van der Waals surface area contributed by atoms with Gasteiger partial charge in [0.2, 0.25) is 0 Å². The Bertz CT molecular complexity index is 404. The number of aryl methyl sites for hydroxylation is 2. The third-order valence-corrected chi connectivity index (χ3v) is 3.51. The molecule has 1 aromatic carbocycles. The molecule has 0 bridgehead atoms. The summed E-state index contributed by atoms with van der Waals surface area (Å²) in [5, 5.41) is 1.33. The summed E-state index contributed by atoms with van der Waals surface area (Å²) in [6.45, 7) is 4.95. The summed E-state index contributed by atoms with van der Waals surface area (Å²) in [5.41, 5.74) is 8.31. The molecule has 0 aliphatic carbocycles. The maximum absolute atomic E-state index is 5.60. The lowest BCUT2D eigenvalue weighted by atomic mass is 10.1. The highest BCUT2D eigenvalue weighted by Crippen LogP contribution is 2.27. The minimum atomic E-state index is 0.650. The molecular weight excluding hydrogens is 178 g/mol. The lowest BCUT2D eigenvalue weighted by molar-refractivity contribution is 1.11. The summed E-state index contributed by atoms with van der Waals surface area (Å²) >= 11 is 1.80. The fourth-order valence-electron chi connectivity index (χ4n) is 1.46. The topological polar surface area (TPSA) is 26.0 Å². The molecule has 2 N–H and O–H groups in total. The van der Waals surface area contributed by atoms with Gasteiger partial charge in [0, 0.05) is 16.1 Å². The maximum Gasteiger partial charge on any atom is 0.0348 e. The van der Waals surface area contributed by atoms with E-state index >= 15 is 0 Å². The smallest absolute Gasteiger partial charge is 0.0348 e. The molecule has 0 spiro atoms. The Kier molecular flexibility index (Phi) is 2.10. The molecule has 0 saturated carbocycles. The van der Waals surface area contributed by atoms with Gasteiger partial charge in [0.05, 0.1) is 0 Å². The van der Waals surface area contributed by atoms with Crippen LogP contribution in [-0.4, -0.2) is 0 Å². The van der Waals surface area contributed by atoms with Crippen LogP contribution in [0.3, 0.4) is 0 Å². The van der Waals surface area contributed by atoms with Gasteiger partial charge in [-0.15, -0.1) is 11.3 Å². The molecule has 1 nitrogen and oxygen atoms in total. The number of benzene rings is 1. The summed E-state index contributed by atoms with van der Waals surface area (Å²) in [7, 11) is 0. The van der Waals surface area contributed by atoms with E-state index in [1.807, 2.05) is 0 Å². The summed E-state index contributed by atoms with van der Waals surface area (Å²) < 4.78 is 1.35. The largest absolute Gasteiger partial charge is 0.326 e. The average Bonchev–Trinajstić information content (AvgIpc) is 2.48. The molecule has 2 rings (SSSR count). The van der Waals surface area contributed by atoms with Gasteiger partial charge in [-0.3, -0.25) is 0 Å². The van der Waals surface area contributed by atoms with Crippen molar-refractivity contribution in [3.63, 3.8) is 0 Å². The van der Waals surface area contributed by atoms with Gasteiger partial charge in [0.15, 0.2) is 0 Å². The van der Waals surface area contributed by atoms with Crippen LogP contribution in [0.15, 0.2) is 18.2 Å². The van der Waals surface area contributed by atoms with Gasteiger partial charge >= 0.3 is 0 Å². The van der Waals surface area contributed by atoms with Crippen molar-refractivity contribution in [3.05, 3.63) is 34.2 Å². The standard InChI is InChI=1S/C11H13NS/c1-7-3-9-5-10(6-12)13-11(9)4-8(7)2/h3-5H,6,12H2,1-2H3. The molecule has 0 atom stereocenters. The second-order valence-electron chi connectivity index (χ2n) is 3.39. The summed E-state index contributed by atoms with van der Waals surface area (Å²) in [6, 6.07) is 6.67. The summed E-state index contributed by atoms with van der Waals surface area (Å²) in [6.07, 6.45) is 0. The average molecular weight is 191 g/mol. The van der Waals surface area contributed by atoms with Gasteiger partial charge in [-0.1, -0.05) is 6.07 Å². The van der Waals surface area contributed by atoms with Crippen molar-refractivity contribution in [1.82, 2.24) is 0 Å². The van der Waals surface area contributed by atoms with Crippen LogP contribution in [0, 0.1) is 13.8 Å². The Morgan fingerprint density at radius 2 is 1.85 bits per heavy atom. The molecule has 2 heteroatoms. The number of hydrogen-bond donors (Lipinski definition) is 1. The predicted octanol–water partition coefficient (Wildman–Crippen LogP) is 2.98. The molecule has 0 amide bonds. The highest BCUT2D eigenvalue weighted by atomic mass is 32.1. The van der Waals surface area contributed by atoms with Gasteiger partial charge in [0.25, 0.3) is 0 Å². The second kappa shape index (κ2) is 3.13. The van der Waals surface area contributed by atoms with E-state index in [4.69, 9.17) is 5.73 Å². The van der Waals surface area contributed by atoms with Gasteiger partial charge in [-0.05, 0) is 42.5 Å². The van der Waals surface area contributed by atoms with Crippen molar-refractivity contribution in [3.8, 4) is 0 Å². The van der Waals surface area contributed by atoms with Gasteiger partial charge in [-0.25, -0.2) is 0 Å². The predicted molar refractivity (Wildman–Crippen MR) is 59.2 cm³/mol. The third-order valence-electron chi connectivity index (χ3n) is 2.38. The van der Waals surface area contributed by atoms with E-state index in [9.17, 15) is 0 Å². The minimum Gasteiger partial charge on any atom is -0.326 e. The minimum absolute atomic E-state index is 0.650. The zero-order valence-electron chi connectivity index (χ0n) is 7.92. The SMILES string of the molecule is Cc1cc2cc(CN)sc2cc1C. The van der Waals surface area contributed by atoms with Crippen LogP contribution in [0.2, 0.25) is 0 Å². The molecule has 0 unspecified atom stereocenters. The molecule has 68 valence electrons. The number of hydrogen-bond acceptors (Lipinski definition) is 2. The Balaban J connectivity index is 2.70. The van der Waals surface area contributed by atoms with Crippen LogP contribution in [0.1, 0.15) is 16.0 Å². The van der Waals surface area contributed by atoms with Crippen molar-refractivity contribution in [1.29, 1.82) is 0 Å². The van der Waals surface area contributed by atoms with Crippen LogP contribution in [0.4, 0.5) is 0 Å². The Hall–Kier alpha value is -0.860. The van der Waals surface area contributed by atoms with Crippen molar-refractivity contribution < 1.29 is 0 Å². The third kappa shape index (κ3) is 1.47. The number of rotatable bonds is 1. The first kappa shape index (κ1) is 8.73. The molecule has 0 aliphatic rings. The van der Waals surface area contributed by atoms with E-state index < -0.39 is 0 Å². The number of fused-ring (bicyclic) bond motifs is 1. The quantitative estimate of drug-likeness (QED) is 0.736. The lowest BCUT2D eigenvalue weighted by Gasteiger charge is -1.98. The highest BCUT2D eigenvalue weighted by molar-refractivity contribution is 7.19. The molecule has 0 fully saturated rings. The molecule has 1 aromatic heterocycles. The van der Waals surface area contributed by atoms with E-state index in [0.717, 1.165) is 0 Å². The van der Waals surface area contributed by atoms with E-state index in [1.165, 1.54) is 26.1 Å². The fraction of sp³-hybridized carbons (Fsp3) is 0.273. The molecule has 0 radical (unpaired) electrons. The monoisotopic (exact) mass is 191 g/mol. The van der Waals surface area contributed by atoms with Crippen LogP contribution in [-0.2, 0) is 6.54 Å². The van der Waals surface area contributed by atoms with Crippen molar-refractivity contribution in [2.75, 3.05) is 0 Å². The van der Waals surface area contributed by atoms with E-state index in [-0.39, 0.29) is 0 Å². The first-order chi connectivity index (χ1) is 6.20. The van der Waals surface area contributed by atoms with Crippen LogP contribution in [0.25, 0.3) is 10.1 Å². The second-order valence-corrected chi connectivity index (χ2v) is 4.56. The maximum atomic E-state index is 5.60. The molecule has 1 heterocycles. The first-order valence-electron chi connectivity index (χ1n) is 4.40. The van der Waals surface area contributed by atoms with E-state index in [1.54, 1.807) is 11.3 Å². The van der Waals surface area contributed by atoms with Crippen molar-refractivity contribution >= 4 is 21.4 Å². The summed E-state index contributed by atoms with van der Waals surface area (Å²) in [5.74, 6) is 0. The zero-order valence-corrected chi connectivity index (χ0v) is 8.74. The van der Waals surface area contributed by atoms with Crippen LogP contribution in [0.5, 0.6) is 0 Å². The van der Waals surface area contributed by atoms with E-state index in [2.05, 4.69) is 32.0 Å². The Morgan fingerprint density at radius 3 is 2.54 bits per heavy atom. The Labute approximate surface area is 82.2 Å². The lowest BCUT2D eigenvalue weighted by Crippen LogP contribution is -1.90. The van der Waals surface area contributed by atoms with Crippen molar-refractivity contribution in [2.24, 2.45) is 5.73 Å². The summed E-state index contributed by atoms with van der Waals surface area (Å²) in [4.78, 5) is 1.26. The first-order valence-corrected chi connectivity index (χ1v) is 5.22. The van der Waals surface area contributed by atoms with Gasteiger partial charge in [-0.2, -0.15) is 0 Å². The molecule has 0 aliphatic heterocycles.